The number of nitrogens with zero attached hydrogens (tertiary/aromatic N) is 4. The molecule has 0 atom stereocenters. The minimum Gasteiger partial charge on any atom is -0.379 e. The summed E-state index contributed by atoms with van der Waals surface area (Å²) >= 11 is 5.95. The summed E-state index contributed by atoms with van der Waals surface area (Å²) in [6.07, 6.45) is 9.74. The Labute approximate surface area is 214 Å². The molecular formula is C25H30ClN7O3. The van der Waals surface area contributed by atoms with Crippen LogP contribution in [0.5, 0.6) is 0 Å². The highest BCUT2D eigenvalue weighted by Gasteiger charge is 2.26. The normalized spacial score (nSPS) is 19.7. The van der Waals surface area contributed by atoms with E-state index in [1.165, 1.54) is 12.4 Å². The van der Waals surface area contributed by atoms with Gasteiger partial charge >= 0.3 is 0 Å². The minimum absolute atomic E-state index is 0.164. The summed E-state index contributed by atoms with van der Waals surface area (Å²) in [5.74, 6) is 0.909. The Hall–Kier alpha value is -3.24. The zero-order valence-corrected chi connectivity index (χ0v) is 20.9. The Morgan fingerprint density at radius 1 is 1.08 bits per heavy atom. The van der Waals surface area contributed by atoms with E-state index >= 15 is 0 Å². The topological polar surface area (TPSA) is 123 Å². The minimum atomic E-state index is -0.340. The molecule has 0 unspecified atom stereocenters. The third kappa shape index (κ3) is 5.93. The number of ketones is 1. The third-order valence-corrected chi connectivity index (χ3v) is 6.85. The van der Waals surface area contributed by atoms with Crippen LogP contribution in [0.4, 0.5) is 17.2 Å². The number of ether oxygens (including phenoxy) is 1. The zero-order chi connectivity index (χ0) is 25.1. The summed E-state index contributed by atoms with van der Waals surface area (Å²) in [6.45, 7) is 0.188. The molecular weight excluding hydrogens is 482 g/mol. The average molecular weight is 512 g/mol. The van der Waals surface area contributed by atoms with Crippen LogP contribution in [0.2, 0.25) is 5.15 Å². The number of nitrogens with one attached hydrogen (secondary N) is 3. The van der Waals surface area contributed by atoms with Crippen LogP contribution in [0.25, 0.3) is 5.65 Å². The fourth-order valence-corrected chi connectivity index (χ4v) is 4.86. The molecule has 0 radical (unpaired) electrons. The summed E-state index contributed by atoms with van der Waals surface area (Å²) in [5.41, 5.74) is 2.31. The Kier molecular flexibility index (Phi) is 7.33. The molecule has 11 heteroatoms. The predicted molar refractivity (Wildman–Crippen MR) is 138 cm³/mol. The molecule has 0 spiro atoms. The van der Waals surface area contributed by atoms with Gasteiger partial charge in [-0.25, -0.2) is 14.5 Å². The molecule has 0 aliphatic heterocycles. The van der Waals surface area contributed by atoms with Gasteiger partial charge in [-0.3, -0.25) is 9.59 Å². The molecule has 190 valence electrons. The first-order chi connectivity index (χ1) is 17.5. The van der Waals surface area contributed by atoms with E-state index in [0.717, 1.165) is 44.2 Å². The van der Waals surface area contributed by atoms with Gasteiger partial charge in [0.15, 0.2) is 17.1 Å². The highest BCUT2D eigenvalue weighted by atomic mass is 35.5. The van der Waals surface area contributed by atoms with Crippen molar-refractivity contribution in [3.8, 4) is 0 Å². The number of hydrogen-bond acceptors (Lipinski definition) is 8. The Bertz CT molecular complexity index is 1250. The maximum atomic E-state index is 13.1. The standard InChI is InChI=1S/C25H30ClN7O3/c1-36-14-19(34)10-15-2-4-17(5-3-15)30-23-12-20(29-16-6-7-16)24-28-13-21(33(24)32-23)25(35)31-18-8-9-27-22(26)11-18/h8-9,11-13,15-17,29H,2-7,10,14H2,1H3,(H,30,32)(H,27,31,35). The van der Waals surface area contributed by atoms with E-state index in [1.54, 1.807) is 23.8 Å². The molecule has 2 saturated carbocycles. The first kappa shape index (κ1) is 24.5. The van der Waals surface area contributed by atoms with Gasteiger partial charge in [0.05, 0.1) is 11.9 Å². The number of hydrogen-bond donors (Lipinski definition) is 3. The maximum Gasteiger partial charge on any atom is 0.276 e. The Balaban J connectivity index is 1.33. The molecule has 2 aliphatic rings. The third-order valence-electron chi connectivity index (χ3n) is 6.64. The lowest BCUT2D eigenvalue weighted by molar-refractivity contribution is -0.123. The van der Waals surface area contributed by atoms with Crippen molar-refractivity contribution < 1.29 is 14.3 Å². The van der Waals surface area contributed by atoms with Crippen molar-refractivity contribution in [3.05, 3.63) is 41.4 Å². The number of methoxy groups -OCH3 is 1. The van der Waals surface area contributed by atoms with Gasteiger partial charge < -0.3 is 20.7 Å². The molecule has 2 aliphatic carbocycles. The molecule has 3 aromatic rings. The number of pyridine rings is 1. The molecule has 36 heavy (non-hydrogen) atoms. The first-order valence-electron chi connectivity index (χ1n) is 12.3. The van der Waals surface area contributed by atoms with E-state index in [1.807, 2.05) is 6.07 Å². The van der Waals surface area contributed by atoms with Crippen LogP contribution in [0.3, 0.4) is 0 Å². The van der Waals surface area contributed by atoms with Crippen LogP contribution in [-0.2, 0) is 9.53 Å². The van der Waals surface area contributed by atoms with Gasteiger partial charge in [0.2, 0.25) is 0 Å². The molecule has 2 fully saturated rings. The average Bonchev–Trinajstić information content (AvgIpc) is 3.55. The summed E-state index contributed by atoms with van der Waals surface area (Å²) in [4.78, 5) is 33.4. The lowest BCUT2D eigenvalue weighted by Gasteiger charge is -2.29. The first-order valence-corrected chi connectivity index (χ1v) is 12.7. The molecule has 0 bridgehead atoms. The van der Waals surface area contributed by atoms with Crippen molar-refractivity contribution in [3.63, 3.8) is 0 Å². The Morgan fingerprint density at radius 2 is 1.83 bits per heavy atom. The lowest BCUT2D eigenvalue weighted by Crippen LogP contribution is -2.28. The molecule has 3 heterocycles. The zero-order valence-electron chi connectivity index (χ0n) is 20.2. The van der Waals surface area contributed by atoms with Gasteiger partial charge in [0.25, 0.3) is 5.91 Å². The van der Waals surface area contributed by atoms with Gasteiger partial charge in [-0.1, -0.05) is 11.6 Å². The molecule has 1 amide bonds. The van der Waals surface area contributed by atoms with Gasteiger partial charge in [0.1, 0.15) is 17.6 Å². The highest BCUT2D eigenvalue weighted by molar-refractivity contribution is 6.29. The van der Waals surface area contributed by atoms with Crippen LogP contribution in [-0.4, -0.2) is 57.1 Å². The second kappa shape index (κ2) is 10.8. The van der Waals surface area contributed by atoms with E-state index in [9.17, 15) is 9.59 Å². The number of rotatable bonds is 10. The largest absolute Gasteiger partial charge is 0.379 e. The number of anilines is 3. The van der Waals surface area contributed by atoms with E-state index < -0.39 is 0 Å². The molecule has 3 N–H and O–H groups in total. The Morgan fingerprint density at radius 3 is 2.56 bits per heavy atom. The summed E-state index contributed by atoms with van der Waals surface area (Å²) < 4.78 is 6.54. The van der Waals surface area contributed by atoms with E-state index in [2.05, 4.69) is 25.9 Å². The summed E-state index contributed by atoms with van der Waals surface area (Å²) in [6, 6.07) is 5.89. The van der Waals surface area contributed by atoms with E-state index in [-0.39, 0.29) is 24.3 Å². The maximum absolute atomic E-state index is 13.1. The lowest BCUT2D eigenvalue weighted by atomic mass is 9.83. The van der Waals surface area contributed by atoms with Gasteiger partial charge in [0, 0.05) is 43.6 Å². The molecule has 0 aromatic carbocycles. The van der Waals surface area contributed by atoms with Crippen LogP contribution < -0.4 is 16.0 Å². The van der Waals surface area contributed by atoms with Crippen LogP contribution in [0.15, 0.2) is 30.6 Å². The quantitative estimate of drug-likeness (QED) is 0.346. The monoisotopic (exact) mass is 511 g/mol. The smallest absolute Gasteiger partial charge is 0.276 e. The fourth-order valence-electron chi connectivity index (χ4n) is 4.68. The van der Waals surface area contributed by atoms with E-state index in [4.69, 9.17) is 21.4 Å². The second-order valence-electron chi connectivity index (χ2n) is 9.60. The number of amides is 1. The van der Waals surface area contributed by atoms with Crippen molar-refractivity contribution in [1.29, 1.82) is 0 Å². The molecule has 3 aromatic heterocycles. The summed E-state index contributed by atoms with van der Waals surface area (Å²) in [5, 5.41) is 14.9. The van der Waals surface area contributed by atoms with Crippen molar-refractivity contribution in [2.45, 2.75) is 57.0 Å². The summed E-state index contributed by atoms with van der Waals surface area (Å²) in [7, 11) is 1.55. The molecule has 0 saturated heterocycles. The van der Waals surface area contributed by atoms with E-state index in [0.29, 0.717) is 46.4 Å². The number of fused-ring (bicyclic) bond motifs is 1. The van der Waals surface area contributed by atoms with Gasteiger partial charge in [-0.05, 0) is 56.6 Å². The van der Waals surface area contributed by atoms with Crippen molar-refractivity contribution in [2.75, 3.05) is 29.7 Å². The number of carbonyl (C=O) groups excluding carboxylic acids is 2. The van der Waals surface area contributed by atoms with Crippen molar-refractivity contribution in [2.24, 2.45) is 5.92 Å². The molecule has 5 rings (SSSR count). The van der Waals surface area contributed by atoms with Crippen LogP contribution >= 0.6 is 11.6 Å². The number of halogens is 1. The molecule has 10 nitrogen and oxygen atoms in total. The number of aromatic nitrogens is 4. The number of carbonyl (C=O) groups is 2. The second-order valence-corrected chi connectivity index (χ2v) is 9.99. The van der Waals surface area contributed by atoms with Gasteiger partial charge in [-0.15, -0.1) is 5.10 Å². The van der Waals surface area contributed by atoms with Crippen molar-refractivity contribution in [1.82, 2.24) is 19.6 Å². The van der Waals surface area contributed by atoms with Crippen LogP contribution in [0, 0.1) is 5.92 Å². The highest BCUT2D eigenvalue weighted by Crippen LogP contribution is 2.31. The predicted octanol–water partition coefficient (Wildman–Crippen LogP) is 4.18. The van der Waals surface area contributed by atoms with Gasteiger partial charge in [-0.2, -0.15) is 0 Å². The fraction of sp³-hybridized carbons (Fsp3) is 0.480. The number of Topliss-reactive ketones (excluding diaryl/α,β-unsaturated/α-hetero) is 1. The number of imidazole rings is 1. The van der Waals surface area contributed by atoms with Crippen LogP contribution in [0.1, 0.15) is 55.4 Å². The SMILES string of the molecule is COCC(=O)CC1CCC(Nc2cc(NC3CC3)c3ncc(C(=O)Nc4ccnc(Cl)c4)n3n2)CC1. The van der Waals surface area contributed by atoms with Crippen molar-refractivity contribution >= 4 is 46.1 Å².